The average molecular weight is 375 g/mol. The first-order valence-electron chi connectivity index (χ1n) is 10.4. The van der Waals surface area contributed by atoms with Crippen LogP contribution in [0.5, 0.6) is 0 Å². The molecule has 0 aliphatic heterocycles. The maximum absolute atomic E-state index is 11.5. The molecule has 1 N–H and O–H groups in total. The molecule has 0 heterocycles. The van der Waals surface area contributed by atoms with Crippen LogP contribution in [0.25, 0.3) is 0 Å². The zero-order valence-electron chi connectivity index (χ0n) is 16.1. The van der Waals surface area contributed by atoms with E-state index >= 15 is 0 Å². The van der Waals surface area contributed by atoms with Gasteiger partial charge in [-0.05, 0) is 86.8 Å². The lowest BCUT2D eigenvalue weighted by molar-refractivity contribution is -0.0888. The number of methoxy groups -OCH3 is 1. The molecule has 0 aromatic heterocycles. The lowest BCUT2D eigenvalue weighted by Gasteiger charge is -2.54. The largest absolute Gasteiger partial charge is 0.501 e. The normalized spacial score (nSPS) is 41.4. The summed E-state index contributed by atoms with van der Waals surface area (Å²) in [6.07, 6.45) is 13.2. The number of hydrogen-bond donors (Lipinski definition) is 1. The van der Waals surface area contributed by atoms with Gasteiger partial charge in [-0.1, -0.05) is 30.4 Å². The number of halogens is 1. The van der Waals surface area contributed by atoms with Gasteiger partial charge in [-0.15, -0.1) is 0 Å². The summed E-state index contributed by atoms with van der Waals surface area (Å²) in [6.45, 7) is 2.24. The van der Waals surface area contributed by atoms with E-state index in [1.807, 2.05) is 0 Å². The smallest absolute Gasteiger partial charge is 0.132 e. The number of fused-ring (bicyclic) bond motifs is 4. The Morgan fingerprint density at radius 3 is 2.88 bits per heavy atom. The van der Waals surface area contributed by atoms with Gasteiger partial charge in [0.15, 0.2) is 0 Å². The van der Waals surface area contributed by atoms with Gasteiger partial charge < -0.3 is 9.84 Å². The molecule has 2 nitrogen and oxygen atoms in total. The van der Waals surface area contributed by atoms with Crippen molar-refractivity contribution in [2.75, 3.05) is 7.11 Å². The van der Waals surface area contributed by atoms with Crippen LogP contribution in [-0.2, 0) is 4.74 Å². The molecule has 2 fully saturated rings. The Morgan fingerprint density at radius 1 is 1.31 bits per heavy atom. The second kappa shape index (κ2) is 6.92. The zero-order chi connectivity index (χ0) is 18.4. The van der Waals surface area contributed by atoms with Gasteiger partial charge in [-0.25, -0.2) is 0 Å². The number of aliphatic hydroxyl groups is 1. The lowest BCUT2D eigenvalue weighted by atomic mass is 9.51. The predicted molar refractivity (Wildman–Crippen MR) is 105 cm³/mol. The molecule has 2 saturated carbocycles. The molecule has 3 heteroatoms. The molecule has 0 radical (unpaired) electrons. The van der Waals surface area contributed by atoms with E-state index in [1.54, 1.807) is 18.3 Å². The number of rotatable bonds is 3. The van der Waals surface area contributed by atoms with E-state index in [2.05, 4.69) is 24.3 Å². The summed E-state index contributed by atoms with van der Waals surface area (Å²) >= 11 is 5.77. The SMILES string of the molecule is CCC[C@]12CC[C@@H]3C4=C(CC[C@H]3[C@@H]1CC[C@@]2(O)C#CCl)CC(OC)=CC4. The molecule has 0 unspecified atom stereocenters. The highest BCUT2D eigenvalue weighted by molar-refractivity contribution is 6.30. The van der Waals surface area contributed by atoms with Crippen LogP contribution in [0.2, 0.25) is 0 Å². The van der Waals surface area contributed by atoms with Crippen LogP contribution < -0.4 is 0 Å². The highest BCUT2D eigenvalue weighted by atomic mass is 35.5. The maximum atomic E-state index is 11.5. The molecule has 26 heavy (non-hydrogen) atoms. The summed E-state index contributed by atoms with van der Waals surface area (Å²) in [6, 6.07) is 0. The number of ether oxygens (including phenoxy) is 1. The number of allylic oxidation sites excluding steroid dienone is 3. The minimum atomic E-state index is -0.884. The van der Waals surface area contributed by atoms with Gasteiger partial charge in [0.05, 0.1) is 12.9 Å². The van der Waals surface area contributed by atoms with Gasteiger partial charge in [0.25, 0.3) is 0 Å². The van der Waals surface area contributed by atoms with Gasteiger partial charge in [0, 0.05) is 17.2 Å². The van der Waals surface area contributed by atoms with E-state index in [0.717, 1.165) is 50.7 Å². The van der Waals surface area contributed by atoms with Crippen LogP contribution in [0.15, 0.2) is 23.0 Å². The summed E-state index contributed by atoms with van der Waals surface area (Å²) in [7, 11) is 1.79. The Hall–Kier alpha value is -0.910. The standard InChI is InChI=1S/C23H31ClO2/c1-3-10-22-11-8-19-18-7-5-17(26-2)15-16(18)4-6-20(19)21(22)9-12-23(22,25)13-14-24/h5,19-21,25H,3-4,6-12,15H2,1-2H3/t19-,20-,21+,22+,23-/m1/s1. The zero-order valence-corrected chi connectivity index (χ0v) is 16.9. The van der Waals surface area contributed by atoms with Crippen LogP contribution in [0.3, 0.4) is 0 Å². The quantitative estimate of drug-likeness (QED) is 0.518. The third-order valence-electron chi connectivity index (χ3n) is 8.12. The molecule has 0 aromatic rings. The summed E-state index contributed by atoms with van der Waals surface area (Å²) in [5, 5.41) is 14.0. The van der Waals surface area contributed by atoms with Crippen molar-refractivity contribution in [2.45, 2.75) is 76.7 Å². The molecular formula is C23H31ClO2. The third-order valence-corrected chi connectivity index (χ3v) is 8.21. The van der Waals surface area contributed by atoms with Crippen molar-refractivity contribution in [2.24, 2.45) is 23.2 Å². The van der Waals surface area contributed by atoms with E-state index in [0.29, 0.717) is 17.8 Å². The van der Waals surface area contributed by atoms with Gasteiger partial charge in [-0.3, -0.25) is 0 Å². The average Bonchev–Trinajstić information content (AvgIpc) is 2.94. The monoisotopic (exact) mass is 374 g/mol. The summed E-state index contributed by atoms with van der Waals surface area (Å²) in [5.41, 5.74) is 2.41. The fourth-order valence-electron chi connectivity index (χ4n) is 7.11. The molecule has 142 valence electrons. The molecule has 4 rings (SSSR count). The van der Waals surface area contributed by atoms with Crippen molar-refractivity contribution < 1.29 is 9.84 Å². The van der Waals surface area contributed by atoms with Crippen LogP contribution in [0, 0.1) is 34.5 Å². The van der Waals surface area contributed by atoms with Crippen LogP contribution in [0.1, 0.15) is 71.1 Å². The van der Waals surface area contributed by atoms with Gasteiger partial charge in [0.2, 0.25) is 0 Å². The molecule has 0 spiro atoms. The van der Waals surface area contributed by atoms with E-state index in [4.69, 9.17) is 16.3 Å². The number of hydrogen-bond acceptors (Lipinski definition) is 2. The van der Waals surface area contributed by atoms with E-state index in [-0.39, 0.29) is 5.41 Å². The van der Waals surface area contributed by atoms with Gasteiger partial charge in [0.1, 0.15) is 5.60 Å². The Labute approximate surface area is 163 Å². The molecule has 0 amide bonds. The summed E-state index contributed by atoms with van der Waals surface area (Å²) < 4.78 is 5.51. The second-order valence-corrected chi connectivity index (χ2v) is 9.05. The fourth-order valence-corrected chi connectivity index (χ4v) is 7.26. The molecule has 4 aliphatic carbocycles. The van der Waals surface area contributed by atoms with E-state index in [1.165, 1.54) is 19.3 Å². The molecule has 5 atom stereocenters. The Bertz CT molecular complexity index is 697. The first-order valence-corrected chi connectivity index (χ1v) is 10.8. The topological polar surface area (TPSA) is 29.5 Å². The Kier molecular flexibility index (Phi) is 4.91. The first-order chi connectivity index (χ1) is 12.6. The van der Waals surface area contributed by atoms with Crippen LogP contribution >= 0.6 is 11.6 Å². The highest BCUT2D eigenvalue weighted by Crippen LogP contribution is 2.66. The minimum absolute atomic E-state index is 0.0505. The van der Waals surface area contributed by atoms with Gasteiger partial charge in [-0.2, -0.15) is 0 Å². The molecular weight excluding hydrogens is 344 g/mol. The van der Waals surface area contributed by atoms with Gasteiger partial charge >= 0.3 is 0 Å². The van der Waals surface area contributed by atoms with Crippen molar-refractivity contribution in [3.8, 4) is 11.3 Å². The van der Waals surface area contributed by atoms with Crippen LogP contribution in [-0.4, -0.2) is 17.8 Å². The van der Waals surface area contributed by atoms with E-state index in [9.17, 15) is 5.11 Å². The van der Waals surface area contributed by atoms with Crippen molar-refractivity contribution in [1.82, 2.24) is 0 Å². The lowest BCUT2D eigenvalue weighted by Crippen LogP contribution is -2.52. The summed E-state index contributed by atoms with van der Waals surface area (Å²) in [4.78, 5) is 0. The Balaban J connectivity index is 1.65. The van der Waals surface area contributed by atoms with Crippen molar-refractivity contribution in [1.29, 1.82) is 0 Å². The predicted octanol–water partition coefficient (Wildman–Crippen LogP) is 5.55. The van der Waals surface area contributed by atoms with Crippen molar-refractivity contribution >= 4 is 11.6 Å². The third kappa shape index (κ3) is 2.58. The highest BCUT2D eigenvalue weighted by Gasteiger charge is 2.63. The van der Waals surface area contributed by atoms with Crippen molar-refractivity contribution in [3.63, 3.8) is 0 Å². The maximum Gasteiger partial charge on any atom is 0.132 e. The molecule has 0 saturated heterocycles. The molecule has 4 aliphatic rings. The van der Waals surface area contributed by atoms with Crippen LogP contribution in [0.4, 0.5) is 0 Å². The summed E-state index contributed by atoms with van der Waals surface area (Å²) in [5.74, 6) is 6.19. The molecule has 0 bridgehead atoms. The molecule has 0 aromatic carbocycles. The van der Waals surface area contributed by atoms with Crippen molar-refractivity contribution in [3.05, 3.63) is 23.0 Å². The minimum Gasteiger partial charge on any atom is -0.501 e. The second-order valence-electron chi connectivity index (χ2n) is 8.86. The fraction of sp³-hybridized carbons (Fsp3) is 0.739. The Morgan fingerprint density at radius 2 is 2.15 bits per heavy atom. The van der Waals surface area contributed by atoms with E-state index < -0.39 is 5.60 Å². The first kappa shape index (κ1) is 18.5.